The van der Waals surface area contributed by atoms with E-state index < -0.39 is 35.5 Å². The zero-order chi connectivity index (χ0) is 41.7. The van der Waals surface area contributed by atoms with Gasteiger partial charge in [-0.05, 0) is 74.5 Å². The summed E-state index contributed by atoms with van der Waals surface area (Å²) in [7, 11) is 0. The maximum Gasteiger partial charge on any atom is 0.418 e. The number of carbonyl (C=O) groups is 4. The highest BCUT2D eigenvalue weighted by molar-refractivity contribution is 6.33. The van der Waals surface area contributed by atoms with Crippen molar-refractivity contribution in [2.75, 3.05) is 103 Å². The van der Waals surface area contributed by atoms with E-state index in [2.05, 4.69) is 15.1 Å². The molecule has 14 nitrogen and oxygen atoms in total. The standard InChI is InChI=1S/C41H54ClF3N8O6/c42-33-23-28(22-32(37(33)46)41(43,44)45)24-35(59-40(57)52-13-9-30(10-14-52)53-15-8-29-6-2-3-7-34(29)47-39(53)56)38(55)51-18-16-50(17-19-51)31-25-49(26-31)27-36(54)58-21-20-48-11-4-1-5-12-48/h2-3,6-7,22-23,30-31,35H,1,4-5,8-21,24-27,46H2,(H,47,56)/t35-/m1/s1. The summed E-state index contributed by atoms with van der Waals surface area (Å²) in [5, 5.41) is 2.67. The van der Waals surface area contributed by atoms with Gasteiger partial charge < -0.3 is 35.2 Å². The van der Waals surface area contributed by atoms with E-state index in [9.17, 15) is 32.3 Å². The summed E-state index contributed by atoms with van der Waals surface area (Å²) in [5.74, 6) is -0.751. The van der Waals surface area contributed by atoms with Crippen LogP contribution in [0.5, 0.6) is 0 Å². The van der Waals surface area contributed by atoms with Crippen molar-refractivity contribution in [2.45, 2.75) is 69.3 Å². The summed E-state index contributed by atoms with van der Waals surface area (Å²) in [6, 6.07) is 9.66. The number of urea groups is 1. The van der Waals surface area contributed by atoms with Gasteiger partial charge >= 0.3 is 24.3 Å². The number of amides is 4. The summed E-state index contributed by atoms with van der Waals surface area (Å²) in [6.07, 6.45) is -2.04. The molecule has 4 saturated heterocycles. The molecule has 3 N–H and O–H groups in total. The predicted octanol–water partition coefficient (Wildman–Crippen LogP) is 4.40. The minimum Gasteiger partial charge on any atom is -0.463 e. The number of nitrogens with one attached hydrogen (secondary N) is 1. The lowest BCUT2D eigenvalue weighted by Crippen LogP contribution is -2.64. The lowest BCUT2D eigenvalue weighted by Gasteiger charge is -2.48. The van der Waals surface area contributed by atoms with Gasteiger partial charge in [-0.2, -0.15) is 13.2 Å². The highest BCUT2D eigenvalue weighted by atomic mass is 35.5. The fourth-order valence-electron chi connectivity index (χ4n) is 8.83. The number of piperidine rings is 2. The quantitative estimate of drug-likeness (QED) is 0.247. The normalized spacial score (nSPS) is 20.9. The Kier molecular flexibility index (Phi) is 13.7. The highest BCUT2D eigenvalue weighted by Gasteiger charge is 2.40. The molecule has 5 aliphatic heterocycles. The van der Waals surface area contributed by atoms with Crippen molar-refractivity contribution in [1.82, 2.24) is 29.4 Å². The monoisotopic (exact) mass is 846 g/mol. The fourth-order valence-corrected chi connectivity index (χ4v) is 9.07. The maximum absolute atomic E-state index is 14.1. The summed E-state index contributed by atoms with van der Waals surface area (Å²) in [5.41, 5.74) is 5.81. The smallest absolute Gasteiger partial charge is 0.418 e. The Hall–Kier alpha value is -4.32. The van der Waals surface area contributed by atoms with E-state index in [0.29, 0.717) is 71.7 Å². The first-order valence-corrected chi connectivity index (χ1v) is 21.1. The predicted molar refractivity (Wildman–Crippen MR) is 215 cm³/mol. The number of para-hydroxylation sites is 1. The highest BCUT2D eigenvalue weighted by Crippen LogP contribution is 2.38. The summed E-state index contributed by atoms with van der Waals surface area (Å²) >= 11 is 6.14. The third kappa shape index (κ3) is 10.7. The van der Waals surface area contributed by atoms with Crippen LogP contribution < -0.4 is 11.1 Å². The Labute approximate surface area is 347 Å². The number of nitrogens with zero attached hydrogens (tertiary/aromatic N) is 6. The molecule has 7 rings (SSSR count). The molecule has 2 aromatic rings. The zero-order valence-electron chi connectivity index (χ0n) is 33.3. The third-order valence-corrected chi connectivity index (χ3v) is 12.6. The third-order valence-electron chi connectivity index (χ3n) is 12.3. The van der Waals surface area contributed by atoms with Gasteiger partial charge in [-0.3, -0.25) is 24.3 Å². The lowest BCUT2D eigenvalue weighted by molar-refractivity contribution is -0.149. The first kappa shape index (κ1) is 42.8. The van der Waals surface area contributed by atoms with Crippen molar-refractivity contribution in [3.05, 3.63) is 58.1 Å². The molecule has 4 fully saturated rings. The molecular formula is C41H54ClF3N8O6. The number of carbonyl (C=O) groups excluding carboxylic acids is 4. The van der Waals surface area contributed by atoms with E-state index in [-0.39, 0.29) is 60.7 Å². The largest absolute Gasteiger partial charge is 0.463 e. The Bertz CT molecular complexity index is 1830. The van der Waals surface area contributed by atoms with Gasteiger partial charge in [-0.1, -0.05) is 36.2 Å². The van der Waals surface area contributed by atoms with Gasteiger partial charge in [0.15, 0.2) is 6.10 Å². The lowest BCUT2D eigenvalue weighted by atomic mass is 10.0. The number of alkyl halides is 3. The molecule has 2 aromatic carbocycles. The number of rotatable bonds is 11. The molecule has 5 aliphatic rings. The molecule has 0 saturated carbocycles. The number of nitrogens with two attached hydrogens (primary N) is 1. The van der Waals surface area contributed by atoms with E-state index in [1.54, 1.807) is 9.80 Å². The number of ether oxygens (including phenoxy) is 2. The summed E-state index contributed by atoms with van der Waals surface area (Å²) in [4.78, 5) is 64.8. The van der Waals surface area contributed by atoms with Gasteiger partial charge in [0.25, 0.3) is 5.91 Å². The molecule has 0 unspecified atom stereocenters. The van der Waals surface area contributed by atoms with E-state index in [0.717, 1.165) is 37.0 Å². The van der Waals surface area contributed by atoms with Crippen molar-refractivity contribution < 1.29 is 41.8 Å². The van der Waals surface area contributed by atoms with Crippen LogP contribution in [0, 0.1) is 0 Å². The Morgan fingerprint density at radius 1 is 0.881 bits per heavy atom. The van der Waals surface area contributed by atoms with Crippen molar-refractivity contribution in [1.29, 1.82) is 0 Å². The van der Waals surface area contributed by atoms with Crippen molar-refractivity contribution in [3.63, 3.8) is 0 Å². The molecule has 0 aliphatic carbocycles. The average Bonchev–Trinajstić information content (AvgIpc) is 3.38. The number of fused-ring (bicyclic) bond motifs is 1. The molecular weight excluding hydrogens is 793 g/mol. The minimum atomic E-state index is -4.79. The molecule has 322 valence electrons. The van der Waals surface area contributed by atoms with Gasteiger partial charge in [0.05, 0.1) is 22.8 Å². The van der Waals surface area contributed by atoms with Crippen LogP contribution in [0.25, 0.3) is 0 Å². The van der Waals surface area contributed by atoms with Gasteiger partial charge in [-0.25, -0.2) is 9.59 Å². The van der Waals surface area contributed by atoms with E-state index in [1.807, 2.05) is 29.2 Å². The summed E-state index contributed by atoms with van der Waals surface area (Å²) < 4.78 is 53.1. The number of likely N-dealkylation sites (tertiary alicyclic amines) is 3. The van der Waals surface area contributed by atoms with Crippen LogP contribution in [0.4, 0.5) is 34.1 Å². The van der Waals surface area contributed by atoms with Crippen LogP contribution in [0.1, 0.15) is 48.8 Å². The number of hydrogen-bond acceptors (Lipinski definition) is 10. The van der Waals surface area contributed by atoms with Crippen LogP contribution in [-0.4, -0.2) is 163 Å². The number of benzene rings is 2. The number of anilines is 2. The molecule has 1 atom stereocenters. The Balaban J connectivity index is 0.927. The second kappa shape index (κ2) is 18.9. The van der Waals surface area contributed by atoms with Crippen LogP contribution >= 0.6 is 11.6 Å². The van der Waals surface area contributed by atoms with E-state index >= 15 is 0 Å². The number of esters is 1. The molecule has 4 amide bonds. The summed E-state index contributed by atoms with van der Waals surface area (Å²) in [6.45, 7) is 7.66. The second-order valence-corrected chi connectivity index (χ2v) is 16.6. The van der Waals surface area contributed by atoms with Crippen LogP contribution in [0.3, 0.4) is 0 Å². The second-order valence-electron chi connectivity index (χ2n) is 16.2. The van der Waals surface area contributed by atoms with Crippen LogP contribution in [0.15, 0.2) is 36.4 Å². The molecule has 0 spiro atoms. The average molecular weight is 847 g/mol. The van der Waals surface area contributed by atoms with Crippen molar-refractivity contribution in [2.24, 2.45) is 0 Å². The zero-order valence-corrected chi connectivity index (χ0v) is 34.0. The first-order chi connectivity index (χ1) is 28.3. The van der Waals surface area contributed by atoms with Gasteiger partial charge in [0.1, 0.15) is 6.61 Å². The number of halogens is 4. The van der Waals surface area contributed by atoms with Gasteiger partial charge in [0, 0.05) is 89.6 Å². The molecule has 0 radical (unpaired) electrons. The SMILES string of the molecule is Nc1c(Cl)cc(C[C@@H](OC(=O)N2CCC(N3CCc4ccccc4NC3=O)CC2)C(=O)N2CCN(C3CN(CC(=O)OCCN4CCCCC4)C3)CC2)cc1C(F)(F)F. The number of hydrogen-bond donors (Lipinski definition) is 2. The van der Waals surface area contributed by atoms with Gasteiger partial charge in [0.2, 0.25) is 0 Å². The van der Waals surface area contributed by atoms with Crippen molar-refractivity contribution in [3.8, 4) is 0 Å². The van der Waals surface area contributed by atoms with Gasteiger partial charge in [-0.15, -0.1) is 0 Å². The van der Waals surface area contributed by atoms with Crippen LogP contribution in [0.2, 0.25) is 5.02 Å². The number of piperazine rings is 1. The number of nitrogen functional groups attached to an aromatic ring is 1. The molecule has 59 heavy (non-hydrogen) atoms. The maximum atomic E-state index is 14.1. The Morgan fingerprint density at radius 3 is 2.31 bits per heavy atom. The minimum absolute atomic E-state index is 0.0489. The van der Waals surface area contributed by atoms with E-state index in [4.69, 9.17) is 26.8 Å². The van der Waals surface area contributed by atoms with E-state index in [1.165, 1.54) is 30.2 Å². The molecule has 0 aromatic heterocycles. The molecule has 18 heteroatoms. The molecule has 0 bridgehead atoms. The van der Waals surface area contributed by atoms with Crippen molar-refractivity contribution >= 4 is 47.0 Å². The first-order valence-electron chi connectivity index (χ1n) is 20.7. The molecule has 5 heterocycles. The fraction of sp³-hybridized carbons (Fsp3) is 0.610. The topological polar surface area (TPSA) is 144 Å². The van der Waals surface area contributed by atoms with Crippen LogP contribution in [-0.2, 0) is 38.1 Å². The Morgan fingerprint density at radius 2 is 1.59 bits per heavy atom.